The number of carbonyl (C=O) groups excluding carboxylic acids is 2. The number of aldehydes is 1. The summed E-state index contributed by atoms with van der Waals surface area (Å²) >= 11 is 0. The summed E-state index contributed by atoms with van der Waals surface area (Å²) in [6.07, 6.45) is 6.66. The minimum atomic E-state index is -1.02. The van der Waals surface area contributed by atoms with Gasteiger partial charge in [0.2, 0.25) is 0 Å². The van der Waals surface area contributed by atoms with Crippen molar-refractivity contribution < 1.29 is 14.0 Å². The van der Waals surface area contributed by atoms with E-state index in [4.69, 9.17) is 0 Å². The minimum Gasteiger partial charge on any atom is -0.373 e. The van der Waals surface area contributed by atoms with Crippen LogP contribution < -0.4 is 21.5 Å². The highest BCUT2D eigenvalue weighted by molar-refractivity contribution is 6.00. The molecule has 1 amide bonds. The topological polar surface area (TPSA) is 122 Å². The molecule has 0 spiro atoms. The molecule has 3 aromatic heterocycles. The molecule has 0 aliphatic heterocycles. The van der Waals surface area contributed by atoms with Gasteiger partial charge in [0.1, 0.15) is 35.3 Å². The van der Waals surface area contributed by atoms with E-state index in [0.717, 1.165) is 25.5 Å². The maximum absolute atomic E-state index is 13.2. The molecule has 10 nitrogen and oxygen atoms in total. The second-order valence-corrected chi connectivity index (χ2v) is 8.88. The number of rotatable bonds is 7. The Labute approximate surface area is 194 Å². The van der Waals surface area contributed by atoms with Crippen LogP contribution in [-0.2, 0) is 4.79 Å². The van der Waals surface area contributed by atoms with Crippen LogP contribution in [0.3, 0.4) is 0 Å². The zero-order valence-electron chi connectivity index (χ0n) is 18.7. The van der Waals surface area contributed by atoms with Gasteiger partial charge in [-0.2, -0.15) is 9.61 Å². The van der Waals surface area contributed by atoms with Gasteiger partial charge in [-0.3, -0.25) is 9.59 Å². The van der Waals surface area contributed by atoms with Crippen LogP contribution in [0, 0.1) is 5.92 Å². The second kappa shape index (κ2) is 8.88. The summed E-state index contributed by atoms with van der Waals surface area (Å²) in [6.45, 7) is 0. The molecule has 178 valence electrons. The number of amides is 1. The van der Waals surface area contributed by atoms with E-state index in [2.05, 4.69) is 26.0 Å². The minimum absolute atomic E-state index is 0.0285. The summed E-state index contributed by atoms with van der Waals surface area (Å²) in [7, 11) is 1.71. The van der Waals surface area contributed by atoms with Crippen molar-refractivity contribution in [2.75, 3.05) is 17.7 Å². The highest BCUT2D eigenvalue weighted by atomic mass is 19.1. The van der Waals surface area contributed by atoms with Gasteiger partial charge >= 0.3 is 0 Å². The molecule has 0 bridgehead atoms. The number of carbonyl (C=O) groups is 2. The van der Waals surface area contributed by atoms with Crippen molar-refractivity contribution in [3.8, 4) is 0 Å². The molecule has 2 saturated carbocycles. The van der Waals surface area contributed by atoms with Crippen LogP contribution in [0.5, 0.6) is 0 Å². The first-order valence-electron chi connectivity index (χ1n) is 11.4. The first-order chi connectivity index (χ1) is 16.5. The Morgan fingerprint density at radius 3 is 2.85 bits per heavy atom. The lowest BCUT2D eigenvalue weighted by atomic mass is 9.86. The molecule has 0 radical (unpaired) electrons. The summed E-state index contributed by atoms with van der Waals surface area (Å²) < 4.78 is 16.4. The Hall–Kier alpha value is -3.76. The van der Waals surface area contributed by atoms with Gasteiger partial charge < -0.3 is 25.3 Å². The predicted octanol–water partition coefficient (Wildman–Crippen LogP) is 2.45. The van der Waals surface area contributed by atoms with E-state index in [1.54, 1.807) is 36.0 Å². The Morgan fingerprint density at radius 1 is 1.29 bits per heavy atom. The molecule has 5 rings (SSSR count). The number of halogens is 1. The van der Waals surface area contributed by atoms with Crippen molar-refractivity contribution >= 4 is 35.2 Å². The molecule has 2 aliphatic rings. The molecule has 2 aliphatic carbocycles. The lowest BCUT2D eigenvalue weighted by Gasteiger charge is -2.27. The third-order valence-corrected chi connectivity index (χ3v) is 6.51. The Bertz CT molecular complexity index is 1300. The average Bonchev–Trinajstić information content (AvgIpc) is 3.36. The van der Waals surface area contributed by atoms with E-state index in [0.29, 0.717) is 30.2 Å². The molecule has 3 N–H and O–H groups in total. The van der Waals surface area contributed by atoms with Gasteiger partial charge in [0.15, 0.2) is 5.65 Å². The fourth-order valence-corrected chi connectivity index (χ4v) is 4.53. The fraction of sp³-hybridized carbons (Fsp3) is 0.435. The van der Waals surface area contributed by atoms with Crippen molar-refractivity contribution in [3.05, 3.63) is 46.5 Å². The number of fused-ring (bicyclic) bond motifs is 1. The summed E-state index contributed by atoms with van der Waals surface area (Å²) in [5, 5.41) is 13.0. The predicted molar refractivity (Wildman–Crippen MR) is 124 cm³/mol. The van der Waals surface area contributed by atoms with E-state index >= 15 is 0 Å². The molecule has 11 heteroatoms. The quantitative estimate of drug-likeness (QED) is 0.456. The standard InChI is InChI=1S/C23H26FN7O3/c1-25-20-10-19(29-21-15(11-26-31(20)21)22(33)28-18-9-16(18)24)27-17-6-3-7-30(23(17)34)14-5-2-4-13(8-14)12-32/h3,6-7,10-14,16,18,25H,2,4-5,8-9H2,1H3,(H,27,29)(H,28,33)/t13?,14?,16-,18+/m0/s1. The van der Waals surface area contributed by atoms with E-state index in [1.165, 1.54) is 10.7 Å². The van der Waals surface area contributed by atoms with Crippen LogP contribution in [0.15, 0.2) is 35.4 Å². The third kappa shape index (κ3) is 4.13. The van der Waals surface area contributed by atoms with Gasteiger partial charge in [-0.25, -0.2) is 9.37 Å². The van der Waals surface area contributed by atoms with Crippen LogP contribution in [0.4, 0.5) is 21.7 Å². The number of nitrogens with one attached hydrogen (secondary N) is 3. The largest absolute Gasteiger partial charge is 0.373 e. The summed E-state index contributed by atoms with van der Waals surface area (Å²) in [6, 6.07) is 4.62. The number of pyridine rings is 1. The molecular formula is C23H26FN7O3. The van der Waals surface area contributed by atoms with Gasteiger partial charge in [-0.15, -0.1) is 0 Å². The number of hydrogen-bond acceptors (Lipinski definition) is 7. The molecule has 0 saturated heterocycles. The molecule has 4 atom stereocenters. The van der Waals surface area contributed by atoms with Crippen molar-refractivity contribution in [1.29, 1.82) is 0 Å². The monoisotopic (exact) mass is 467 g/mol. The number of aromatic nitrogens is 4. The Balaban J connectivity index is 1.45. The summed E-state index contributed by atoms with van der Waals surface area (Å²) in [4.78, 5) is 41.6. The highest BCUT2D eigenvalue weighted by Gasteiger charge is 2.39. The van der Waals surface area contributed by atoms with E-state index in [1.807, 2.05) is 0 Å². The van der Waals surface area contributed by atoms with Gasteiger partial charge in [-0.1, -0.05) is 6.42 Å². The fourth-order valence-electron chi connectivity index (χ4n) is 4.53. The maximum Gasteiger partial charge on any atom is 0.274 e. The highest BCUT2D eigenvalue weighted by Crippen LogP contribution is 2.31. The lowest BCUT2D eigenvalue weighted by Crippen LogP contribution is -2.29. The first-order valence-corrected chi connectivity index (χ1v) is 11.4. The molecule has 2 unspecified atom stereocenters. The number of nitrogens with zero attached hydrogens (tertiary/aromatic N) is 4. The maximum atomic E-state index is 13.2. The molecule has 0 aromatic carbocycles. The van der Waals surface area contributed by atoms with E-state index < -0.39 is 18.1 Å². The Kier molecular flexibility index (Phi) is 5.76. The zero-order valence-corrected chi connectivity index (χ0v) is 18.7. The van der Waals surface area contributed by atoms with Crippen molar-refractivity contribution in [1.82, 2.24) is 24.5 Å². The first kappa shape index (κ1) is 22.1. The average molecular weight is 468 g/mol. The van der Waals surface area contributed by atoms with Gasteiger partial charge in [0.05, 0.1) is 12.2 Å². The smallest absolute Gasteiger partial charge is 0.274 e. The molecule has 3 aromatic rings. The van der Waals surface area contributed by atoms with Crippen LogP contribution in [0.2, 0.25) is 0 Å². The van der Waals surface area contributed by atoms with Crippen molar-refractivity contribution in [2.24, 2.45) is 5.92 Å². The van der Waals surface area contributed by atoms with Gasteiger partial charge in [-0.05, 0) is 31.4 Å². The van der Waals surface area contributed by atoms with Crippen molar-refractivity contribution in [2.45, 2.75) is 50.4 Å². The van der Waals surface area contributed by atoms with E-state index in [9.17, 15) is 18.8 Å². The normalized spacial score (nSPS) is 23.9. The molecular weight excluding hydrogens is 441 g/mol. The summed E-state index contributed by atoms with van der Waals surface area (Å²) in [5.41, 5.74) is 0.617. The number of anilines is 3. The summed E-state index contributed by atoms with van der Waals surface area (Å²) in [5.74, 6) is 0.430. The third-order valence-electron chi connectivity index (χ3n) is 6.51. The number of alkyl halides is 1. The second-order valence-electron chi connectivity index (χ2n) is 8.88. The lowest BCUT2D eigenvalue weighted by molar-refractivity contribution is -0.112. The SMILES string of the molecule is CNc1cc(Nc2cccn(C3CCCC(C=O)C3)c2=O)nc2c(C(=O)N[C@@H]3C[C@@H]3F)cnn12. The van der Waals surface area contributed by atoms with Gasteiger partial charge in [0.25, 0.3) is 11.5 Å². The van der Waals surface area contributed by atoms with Gasteiger partial charge in [0, 0.05) is 37.7 Å². The van der Waals surface area contributed by atoms with E-state index in [-0.39, 0.29) is 28.7 Å². The van der Waals surface area contributed by atoms with Crippen LogP contribution >= 0.6 is 0 Å². The van der Waals surface area contributed by atoms with Crippen LogP contribution in [-0.4, -0.2) is 50.6 Å². The Morgan fingerprint density at radius 2 is 2.12 bits per heavy atom. The van der Waals surface area contributed by atoms with Crippen LogP contribution in [0.1, 0.15) is 48.5 Å². The van der Waals surface area contributed by atoms with Crippen molar-refractivity contribution in [3.63, 3.8) is 0 Å². The number of hydrogen-bond donors (Lipinski definition) is 3. The molecule has 34 heavy (non-hydrogen) atoms. The molecule has 2 fully saturated rings. The molecule has 3 heterocycles. The van der Waals surface area contributed by atoms with Crippen LogP contribution in [0.25, 0.3) is 5.65 Å². The zero-order chi connectivity index (χ0) is 23.8.